The summed E-state index contributed by atoms with van der Waals surface area (Å²) in [6.07, 6.45) is -0.250. The van der Waals surface area contributed by atoms with E-state index in [1.165, 1.54) is 12.1 Å². The van der Waals surface area contributed by atoms with Crippen LogP contribution >= 0.6 is 11.6 Å². The predicted molar refractivity (Wildman–Crippen MR) is 104 cm³/mol. The van der Waals surface area contributed by atoms with Crippen molar-refractivity contribution in [2.24, 2.45) is 0 Å². The molecule has 2 aromatic carbocycles. The summed E-state index contributed by atoms with van der Waals surface area (Å²) >= 11 is 6.04. The fourth-order valence-electron chi connectivity index (χ4n) is 2.35. The molecule has 7 heteroatoms. The van der Waals surface area contributed by atoms with Crippen LogP contribution in [0.15, 0.2) is 42.5 Å². The number of carbonyl (C=O) groups is 2. The molecule has 0 radical (unpaired) electrons. The molecule has 0 aliphatic carbocycles. The minimum Gasteiger partial charge on any atom is -0.497 e. The number of anilines is 1. The molecule has 0 spiro atoms. The lowest BCUT2D eigenvalue weighted by molar-refractivity contribution is -0.122. The van der Waals surface area contributed by atoms with E-state index in [9.17, 15) is 9.59 Å². The van der Waals surface area contributed by atoms with Crippen molar-refractivity contribution >= 4 is 29.2 Å². The number of hydrogen-bond acceptors (Lipinski definition) is 5. The summed E-state index contributed by atoms with van der Waals surface area (Å²) in [5, 5.41) is 3.00. The molecule has 0 heterocycles. The first kappa shape index (κ1) is 20.6. The van der Waals surface area contributed by atoms with Gasteiger partial charge in [0.25, 0.3) is 5.91 Å². The molecule has 1 unspecified atom stereocenters. The molecule has 2 rings (SSSR count). The van der Waals surface area contributed by atoms with Crippen molar-refractivity contribution in [3.8, 4) is 11.5 Å². The van der Waals surface area contributed by atoms with Crippen LogP contribution in [-0.2, 0) is 9.53 Å². The molecule has 0 aliphatic heterocycles. The Morgan fingerprint density at radius 1 is 1.11 bits per heavy atom. The first-order chi connectivity index (χ1) is 13.0. The van der Waals surface area contributed by atoms with E-state index in [1.807, 2.05) is 6.92 Å². The second kappa shape index (κ2) is 9.83. The van der Waals surface area contributed by atoms with E-state index in [-0.39, 0.29) is 23.1 Å². The number of nitrogens with one attached hydrogen (secondary N) is 1. The van der Waals surface area contributed by atoms with E-state index in [4.69, 9.17) is 25.8 Å². The maximum absolute atomic E-state index is 12.6. The molecule has 1 N–H and O–H groups in total. The highest BCUT2D eigenvalue weighted by Gasteiger charge is 2.20. The highest BCUT2D eigenvalue weighted by Crippen LogP contribution is 2.23. The molecule has 0 fully saturated rings. The van der Waals surface area contributed by atoms with Gasteiger partial charge in [-0.25, -0.2) is 4.79 Å². The monoisotopic (exact) mass is 391 g/mol. The average Bonchev–Trinajstić information content (AvgIpc) is 2.67. The average molecular weight is 392 g/mol. The van der Waals surface area contributed by atoms with Crippen molar-refractivity contribution in [3.05, 3.63) is 53.1 Å². The first-order valence-corrected chi connectivity index (χ1v) is 8.94. The van der Waals surface area contributed by atoms with E-state index in [0.717, 1.165) is 0 Å². The second-order valence-electron chi connectivity index (χ2n) is 5.60. The number of hydrogen-bond donors (Lipinski definition) is 1. The van der Waals surface area contributed by atoms with Gasteiger partial charge in [0.2, 0.25) is 0 Å². The van der Waals surface area contributed by atoms with Gasteiger partial charge in [-0.3, -0.25) is 4.79 Å². The summed E-state index contributed by atoms with van der Waals surface area (Å²) in [4.78, 5) is 24.5. The maximum Gasteiger partial charge on any atom is 0.339 e. The van der Waals surface area contributed by atoms with Gasteiger partial charge in [0, 0.05) is 11.8 Å². The second-order valence-corrected chi connectivity index (χ2v) is 6.01. The van der Waals surface area contributed by atoms with E-state index in [1.54, 1.807) is 44.4 Å². The van der Waals surface area contributed by atoms with Gasteiger partial charge in [-0.05, 0) is 43.7 Å². The minimum absolute atomic E-state index is 0.193. The van der Waals surface area contributed by atoms with Crippen LogP contribution in [0.5, 0.6) is 11.5 Å². The third-order valence-corrected chi connectivity index (χ3v) is 4.04. The van der Waals surface area contributed by atoms with Crippen LogP contribution in [0.2, 0.25) is 5.02 Å². The minimum atomic E-state index is -0.709. The number of halogens is 1. The highest BCUT2D eigenvalue weighted by atomic mass is 35.5. The van der Waals surface area contributed by atoms with Crippen LogP contribution in [0.1, 0.15) is 30.6 Å². The molecule has 1 amide bonds. The van der Waals surface area contributed by atoms with E-state index in [0.29, 0.717) is 23.6 Å². The van der Waals surface area contributed by atoms with E-state index in [2.05, 4.69) is 5.32 Å². The Kier molecular flexibility index (Phi) is 7.49. The molecule has 2 aromatic rings. The van der Waals surface area contributed by atoms with E-state index < -0.39 is 12.1 Å². The van der Waals surface area contributed by atoms with Crippen LogP contribution in [0.25, 0.3) is 0 Å². The molecule has 0 bridgehead atoms. The van der Waals surface area contributed by atoms with Crippen molar-refractivity contribution in [1.29, 1.82) is 0 Å². The molecule has 0 saturated carbocycles. The lowest BCUT2D eigenvalue weighted by Crippen LogP contribution is -2.32. The zero-order valence-corrected chi connectivity index (χ0v) is 16.2. The summed E-state index contributed by atoms with van der Waals surface area (Å²) in [6, 6.07) is 11.7. The number of amides is 1. The van der Waals surface area contributed by atoms with Crippen molar-refractivity contribution in [2.45, 2.75) is 26.4 Å². The lowest BCUT2D eigenvalue weighted by atomic mass is 10.2. The molecule has 27 heavy (non-hydrogen) atoms. The Bertz CT molecular complexity index is 809. The van der Waals surface area contributed by atoms with Crippen LogP contribution in [0.3, 0.4) is 0 Å². The Morgan fingerprint density at radius 2 is 1.85 bits per heavy atom. The van der Waals surface area contributed by atoms with Gasteiger partial charge in [0.15, 0.2) is 6.10 Å². The zero-order valence-electron chi connectivity index (χ0n) is 15.5. The number of carbonyl (C=O) groups excluding carboxylic acids is 2. The van der Waals surface area contributed by atoms with Crippen molar-refractivity contribution in [1.82, 2.24) is 0 Å². The molecule has 0 aromatic heterocycles. The highest BCUT2D eigenvalue weighted by molar-refractivity contribution is 6.33. The summed E-state index contributed by atoms with van der Waals surface area (Å²) < 4.78 is 15.9. The Morgan fingerprint density at radius 3 is 2.52 bits per heavy atom. The Labute approximate surface area is 163 Å². The quantitative estimate of drug-likeness (QED) is 0.678. The van der Waals surface area contributed by atoms with Crippen LogP contribution in [-0.4, -0.2) is 31.7 Å². The van der Waals surface area contributed by atoms with Crippen molar-refractivity contribution in [3.63, 3.8) is 0 Å². The first-order valence-electron chi connectivity index (χ1n) is 8.56. The number of methoxy groups -OCH3 is 1. The summed E-state index contributed by atoms with van der Waals surface area (Å²) in [5.41, 5.74) is 0.623. The standard InChI is InChI=1S/C20H22ClNO5/c1-4-18(27-15-8-6-7-14(12-15)25-3)19(23)22-13-9-10-17(21)16(11-13)20(24)26-5-2/h6-12,18H,4-5H2,1-3H3,(H,22,23). The number of benzene rings is 2. The fraction of sp³-hybridized carbons (Fsp3) is 0.300. The van der Waals surface area contributed by atoms with Crippen LogP contribution in [0.4, 0.5) is 5.69 Å². The van der Waals surface area contributed by atoms with E-state index >= 15 is 0 Å². The fourth-order valence-corrected chi connectivity index (χ4v) is 2.55. The van der Waals surface area contributed by atoms with Gasteiger partial charge in [-0.2, -0.15) is 0 Å². The summed E-state index contributed by atoms with van der Waals surface area (Å²) in [5.74, 6) is 0.287. The maximum atomic E-state index is 12.6. The van der Waals surface area contributed by atoms with Gasteiger partial charge in [-0.15, -0.1) is 0 Å². The normalized spacial score (nSPS) is 11.4. The van der Waals surface area contributed by atoms with Crippen LogP contribution in [0, 0.1) is 0 Å². The number of rotatable bonds is 8. The topological polar surface area (TPSA) is 73.9 Å². The summed E-state index contributed by atoms with van der Waals surface area (Å²) in [6.45, 7) is 3.79. The predicted octanol–water partition coefficient (Wildman–Crippen LogP) is 4.32. The van der Waals surface area contributed by atoms with Crippen molar-refractivity contribution in [2.75, 3.05) is 19.0 Å². The van der Waals surface area contributed by atoms with Gasteiger partial charge in [0.05, 0.1) is 24.3 Å². The SMILES string of the molecule is CCOC(=O)c1cc(NC(=O)C(CC)Oc2cccc(OC)c2)ccc1Cl. The molecular weight excluding hydrogens is 370 g/mol. The van der Waals surface area contributed by atoms with Gasteiger partial charge >= 0.3 is 5.97 Å². The molecule has 144 valence electrons. The Balaban J connectivity index is 2.12. The molecule has 0 aliphatic rings. The molecule has 0 saturated heterocycles. The molecular formula is C20H22ClNO5. The summed E-state index contributed by atoms with van der Waals surface area (Å²) in [7, 11) is 1.56. The smallest absolute Gasteiger partial charge is 0.339 e. The zero-order chi connectivity index (χ0) is 19.8. The van der Waals surface area contributed by atoms with Crippen molar-refractivity contribution < 1.29 is 23.8 Å². The van der Waals surface area contributed by atoms with Crippen LogP contribution < -0.4 is 14.8 Å². The van der Waals surface area contributed by atoms with Gasteiger partial charge in [-0.1, -0.05) is 24.6 Å². The number of ether oxygens (including phenoxy) is 3. The third kappa shape index (κ3) is 5.62. The molecule has 1 atom stereocenters. The largest absolute Gasteiger partial charge is 0.497 e. The molecule has 6 nitrogen and oxygen atoms in total. The number of esters is 1. The van der Waals surface area contributed by atoms with Gasteiger partial charge < -0.3 is 19.5 Å². The Hall–Kier alpha value is -2.73. The third-order valence-electron chi connectivity index (χ3n) is 3.71. The lowest BCUT2D eigenvalue weighted by Gasteiger charge is -2.18. The van der Waals surface area contributed by atoms with Gasteiger partial charge in [0.1, 0.15) is 11.5 Å².